The number of carbonyl (C=O) groups is 1. The number of nitrogens with zero attached hydrogens (tertiary/aromatic N) is 2. The summed E-state index contributed by atoms with van der Waals surface area (Å²) in [6.45, 7) is 0. The number of anilines is 3. The van der Waals surface area contributed by atoms with E-state index in [4.69, 9.17) is 27.1 Å². The Bertz CT molecular complexity index is 1760. The van der Waals surface area contributed by atoms with E-state index in [1.54, 1.807) is 12.0 Å². The van der Waals surface area contributed by atoms with Crippen molar-refractivity contribution in [1.29, 1.82) is 0 Å². The monoisotopic (exact) mass is 561 g/mol. The molecule has 4 aromatic carbocycles. The maximum atomic E-state index is 14.3. The molecule has 0 fully saturated rings. The highest BCUT2D eigenvalue weighted by Crippen LogP contribution is 2.43. The molecule has 0 aliphatic carbocycles. The maximum Gasteiger partial charge on any atom is 0.275 e. The molecule has 0 atom stereocenters. The summed E-state index contributed by atoms with van der Waals surface area (Å²) in [7, 11) is 1.64. The molecular weight excluding hydrogens is 538 g/mol. The first-order chi connectivity index (χ1) is 19.5. The van der Waals surface area contributed by atoms with Crippen molar-refractivity contribution in [3.8, 4) is 28.1 Å². The van der Waals surface area contributed by atoms with Crippen molar-refractivity contribution in [2.24, 2.45) is 0 Å². The predicted octanol–water partition coefficient (Wildman–Crippen LogP) is 8.85. The number of ether oxygens (including phenoxy) is 1. The van der Waals surface area contributed by atoms with E-state index in [0.29, 0.717) is 20.4 Å². The number of rotatable bonds is 6. The van der Waals surface area contributed by atoms with Gasteiger partial charge in [0, 0.05) is 27.3 Å². The molecule has 0 bridgehead atoms. The van der Waals surface area contributed by atoms with Crippen molar-refractivity contribution in [2.75, 3.05) is 17.7 Å². The van der Waals surface area contributed by atoms with Gasteiger partial charge in [0.25, 0.3) is 5.91 Å². The van der Waals surface area contributed by atoms with Gasteiger partial charge in [-0.05, 0) is 77.9 Å². The third-order valence-electron chi connectivity index (χ3n) is 6.67. The van der Waals surface area contributed by atoms with Gasteiger partial charge in [-0.2, -0.15) is 0 Å². The molecule has 0 saturated carbocycles. The van der Waals surface area contributed by atoms with Gasteiger partial charge in [0.15, 0.2) is 0 Å². The lowest BCUT2D eigenvalue weighted by Crippen LogP contribution is -2.25. The molecule has 6 rings (SSSR count). The van der Waals surface area contributed by atoms with E-state index in [0.717, 1.165) is 44.9 Å². The van der Waals surface area contributed by atoms with Gasteiger partial charge in [-0.3, -0.25) is 9.69 Å². The minimum Gasteiger partial charge on any atom is -0.497 e. The molecule has 40 heavy (non-hydrogen) atoms. The fraction of sp³-hybridized carbons (Fsp3) is 0.0303. The SMILES string of the molecule is COc1ccc(-c2cc(-c3ccc(Cl)cc3)c3c(N)c(C(=O)N(c4ccccc4)c4ccccc4)sc3n2)cc1. The summed E-state index contributed by atoms with van der Waals surface area (Å²) in [5.41, 5.74) is 12.2. The van der Waals surface area contributed by atoms with Crippen LogP contribution >= 0.6 is 22.9 Å². The zero-order valence-electron chi connectivity index (χ0n) is 21.5. The smallest absolute Gasteiger partial charge is 0.275 e. The molecule has 0 unspecified atom stereocenters. The van der Waals surface area contributed by atoms with E-state index >= 15 is 0 Å². The Balaban J connectivity index is 1.55. The van der Waals surface area contributed by atoms with Crippen LogP contribution in [0.1, 0.15) is 9.67 Å². The second-order valence-corrected chi connectivity index (χ2v) is 10.6. The summed E-state index contributed by atoms with van der Waals surface area (Å²) in [4.78, 5) is 22.0. The average Bonchev–Trinajstić information content (AvgIpc) is 3.34. The normalized spacial score (nSPS) is 10.9. The second-order valence-electron chi connectivity index (χ2n) is 9.13. The van der Waals surface area contributed by atoms with Crippen LogP contribution < -0.4 is 15.4 Å². The van der Waals surface area contributed by atoms with Crippen molar-refractivity contribution in [3.05, 3.63) is 125 Å². The van der Waals surface area contributed by atoms with Crippen molar-refractivity contribution < 1.29 is 9.53 Å². The zero-order chi connectivity index (χ0) is 27.6. The maximum absolute atomic E-state index is 14.3. The van der Waals surface area contributed by atoms with Crippen LogP contribution in [-0.2, 0) is 0 Å². The molecule has 0 spiro atoms. The number of nitrogens with two attached hydrogens (primary N) is 1. The van der Waals surface area contributed by atoms with Crippen molar-refractivity contribution in [1.82, 2.24) is 4.98 Å². The highest BCUT2D eigenvalue weighted by atomic mass is 35.5. The Hall–Kier alpha value is -4.65. The van der Waals surface area contributed by atoms with Gasteiger partial charge in [0.05, 0.1) is 18.5 Å². The number of benzene rings is 4. The summed E-state index contributed by atoms with van der Waals surface area (Å²) in [5, 5.41) is 1.38. The molecule has 2 heterocycles. The number of nitrogen functional groups attached to an aromatic ring is 1. The van der Waals surface area contributed by atoms with Gasteiger partial charge in [-0.1, -0.05) is 60.1 Å². The standard InChI is InChI=1S/C33H24ClN3O2S/c1-39-26-18-14-22(15-19-26)28-20-27(21-12-16-23(34)17-13-21)29-30(35)31(40-32(29)36-28)33(38)37(24-8-4-2-5-9-24)25-10-6-3-7-11-25/h2-20H,35H2,1H3. The molecule has 0 saturated heterocycles. The van der Waals surface area contributed by atoms with Crippen molar-refractivity contribution >= 4 is 56.1 Å². The van der Waals surface area contributed by atoms with Crippen LogP contribution in [0.2, 0.25) is 5.02 Å². The highest BCUT2D eigenvalue weighted by Gasteiger charge is 2.27. The van der Waals surface area contributed by atoms with Gasteiger partial charge in [-0.15, -0.1) is 11.3 Å². The first kappa shape index (κ1) is 25.6. The molecular formula is C33H24ClN3O2S. The molecule has 5 nitrogen and oxygen atoms in total. The van der Waals surface area contributed by atoms with E-state index in [1.807, 2.05) is 115 Å². The number of amides is 1. The Kier molecular flexibility index (Phi) is 6.95. The van der Waals surface area contributed by atoms with E-state index in [-0.39, 0.29) is 5.91 Å². The summed E-state index contributed by atoms with van der Waals surface area (Å²) < 4.78 is 5.33. The van der Waals surface area contributed by atoms with Crippen LogP contribution in [0.5, 0.6) is 5.75 Å². The Labute approximate surface area is 241 Å². The Morgan fingerprint density at radius 3 is 1.98 bits per heavy atom. The molecule has 7 heteroatoms. The topological polar surface area (TPSA) is 68.5 Å². The number of para-hydroxylation sites is 2. The molecule has 196 valence electrons. The largest absolute Gasteiger partial charge is 0.497 e. The van der Waals surface area contributed by atoms with Crippen LogP contribution in [0.15, 0.2) is 115 Å². The molecule has 2 aromatic heterocycles. The zero-order valence-corrected chi connectivity index (χ0v) is 23.1. The van der Waals surface area contributed by atoms with Crippen LogP contribution in [0.3, 0.4) is 0 Å². The number of hydrogen-bond donors (Lipinski definition) is 1. The van der Waals surface area contributed by atoms with Gasteiger partial charge in [0.1, 0.15) is 15.5 Å². The Morgan fingerprint density at radius 1 is 0.825 bits per heavy atom. The number of hydrogen-bond acceptors (Lipinski definition) is 5. The first-order valence-corrected chi connectivity index (χ1v) is 13.8. The van der Waals surface area contributed by atoms with E-state index in [1.165, 1.54) is 11.3 Å². The van der Waals surface area contributed by atoms with Crippen LogP contribution in [0.25, 0.3) is 32.6 Å². The Morgan fingerprint density at radius 2 is 1.40 bits per heavy atom. The molecule has 2 N–H and O–H groups in total. The summed E-state index contributed by atoms with van der Waals surface area (Å²) in [6.07, 6.45) is 0. The lowest BCUT2D eigenvalue weighted by molar-refractivity contribution is 0.100. The van der Waals surface area contributed by atoms with Crippen molar-refractivity contribution in [2.45, 2.75) is 0 Å². The van der Waals surface area contributed by atoms with Crippen molar-refractivity contribution in [3.63, 3.8) is 0 Å². The van der Waals surface area contributed by atoms with Crippen LogP contribution in [0, 0.1) is 0 Å². The van der Waals surface area contributed by atoms with E-state index in [2.05, 4.69) is 0 Å². The minimum atomic E-state index is -0.217. The number of aromatic nitrogens is 1. The fourth-order valence-electron chi connectivity index (χ4n) is 4.69. The number of halogens is 1. The van der Waals surface area contributed by atoms with E-state index in [9.17, 15) is 4.79 Å². The molecule has 1 amide bonds. The summed E-state index contributed by atoms with van der Waals surface area (Å²) in [6, 6.07) is 36.5. The predicted molar refractivity (Wildman–Crippen MR) is 166 cm³/mol. The van der Waals surface area contributed by atoms with Crippen LogP contribution in [-0.4, -0.2) is 18.0 Å². The number of pyridine rings is 1. The third kappa shape index (κ3) is 4.79. The fourth-order valence-corrected chi connectivity index (χ4v) is 5.86. The van der Waals surface area contributed by atoms with Gasteiger partial charge >= 0.3 is 0 Å². The van der Waals surface area contributed by atoms with E-state index < -0.39 is 0 Å². The minimum absolute atomic E-state index is 0.217. The number of fused-ring (bicyclic) bond motifs is 1. The summed E-state index contributed by atoms with van der Waals surface area (Å²) in [5.74, 6) is 0.545. The molecule has 0 radical (unpaired) electrons. The number of thiophene rings is 1. The molecule has 6 aromatic rings. The third-order valence-corrected chi connectivity index (χ3v) is 8.01. The highest BCUT2D eigenvalue weighted by molar-refractivity contribution is 7.21. The van der Waals surface area contributed by atoms with Gasteiger partial charge < -0.3 is 10.5 Å². The lowest BCUT2D eigenvalue weighted by Gasteiger charge is -2.22. The number of methoxy groups -OCH3 is 1. The summed E-state index contributed by atoms with van der Waals surface area (Å²) >= 11 is 7.50. The lowest BCUT2D eigenvalue weighted by atomic mass is 9.99. The molecule has 0 aliphatic heterocycles. The quantitative estimate of drug-likeness (QED) is 0.220. The second kappa shape index (κ2) is 10.8. The molecule has 0 aliphatic rings. The van der Waals surface area contributed by atoms with Gasteiger partial charge in [0.2, 0.25) is 0 Å². The van der Waals surface area contributed by atoms with Crippen LogP contribution in [0.4, 0.5) is 17.1 Å². The number of carbonyl (C=O) groups excluding carboxylic acids is 1. The average molecular weight is 562 g/mol. The first-order valence-electron chi connectivity index (χ1n) is 12.6. The van der Waals surface area contributed by atoms with Gasteiger partial charge in [-0.25, -0.2) is 4.98 Å².